The summed E-state index contributed by atoms with van der Waals surface area (Å²) in [7, 11) is -8.93. The number of hydrogen-bond donors (Lipinski definition) is 4. The van der Waals surface area contributed by atoms with Crippen LogP contribution in [0, 0.1) is 0 Å². The number of nitrogens with zero attached hydrogens (tertiary/aromatic N) is 6. The van der Waals surface area contributed by atoms with E-state index in [0.717, 1.165) is 24.3 Å². The van der Waals surface area contributed by atoms with E-state index in [1.165, 1.54) is 24.3 Å². The van der Waals surface area contributed by atoms with Crippen LogP contribution in [-0.2, 0) is 20.6 Å². The van der Waals surface area contributed by atoms with E-state index in [9.17, 15) is 46.5 Å². The number of azide groups is 2. The average molecular weight is 633 g/mol. The molecule has 20 heteroatoms. The van der Waals surface area contributed by atoms with Crippen LogP contribution in [0.1, 0.15) is 36.6 Å². The van der Waals surface area contributed by atoms with Gasteiger partial charge in [-0.25, -0.2) is 0 Å². The molecule has 0 heterocycles. The number of allylic oxidation sites excluding steroid dienone is 2. The molecule has 0 atom stereocenters. The van der Waals surface area contributed by atoms with Crippen molar-refractivity contribution in [2.45, 2.75) is 0 Å². The molecule has 0 radical (unpaired) electrons. The number of benzene rings is 3. The number of carbonyl (C=O) groups is 3. The van der Waals surface area contributed by atoms with Gasteiger partial charge in [0.1, 0.15) is 5.75 Å². The average Bonchev–Trinajstić information content (AvgIpc) is 2.94. The Kier molecular flexibility index (Phi) is 10.9. The maximum atomic E-state index is 12.3. The first-order valence-corrected chi connectivity index (χ1v) is 13.7. The Hall–Kier alpha value is -5.91. The molecule has 1 aliphatic rings. The first-order valence-electron chi connectivity index (χ1n) is 10.9. The van der Waals surface area contributed by atoms with E-state index >= 15 is 0 Å². The number of fused-ring (bicyclic) bond motifs is 1. The van der Waals surface area contributed by atoms with Crippen LogP contribution in [0.15, 0.2) is 81.9 Å². The molecule has 43 heavy (non-hydrogen) atoms. The molecule has 0 saturated carbocycles. The summed E-state index contributed by atoms with van der Waals surface area (Å²) < 4.78 is 57.5. The number of rotatable bonds is 6. The molecule has 222 valence electrons. The van der Waals surface area contributed by atoms with Crippen molar-refractivity contribution in [2.75, 3.05) is 0 Å². The first-order chi connectivity index (χ1) is 20.1. The molecule has 4 N–H and O–H groups in total. The number of ketones is 3. The van der Waals surface area contributed by atoms with Crippen molar-refractivity contribution in [3.63, 3.8) is 0 Å². The predicted octanol–water partition coefficient (Wildman–Crippen LogP) is 3.69. The predicted molar refractivity (Wildman–Crippen MR) is 145 cm³/mol. The fourth-order valence-electron chi connectivity index (χ4n) is 3.04. The Balaban J connectivity index is 0.000000279. The van der Waals surface area contributed by atoms with Crippen LogP contribution < -0.4 is 4.18 Å². The summed E-state index contributed by atoms with van der Waals surface area (Å²) in [6.07, 6.45) is 2.62. The fourth-order valence-corrected chi connectivity index (χ4v) is 3.61. The van der Waals surface area contributed by atoms with Gasteiger partial charge in [0.05, 0.1) is 14.6 Å². The topological polar surface area (TPSA) is 307 Å². The molecule has 0 amide bonds. The zero-order valence-electron chi connectivity index (χ0n) is 21.0. The van der Waals surface area contributed by atoms with Crippen molar-refractivity contribution < 1.29 is 55.3 Å². The molecule has 0 aromatic heterocycles. The summed E-state index contributed by atoms with van der Waals surface area (Å²) in [6, 6.07) is 13.7. The summed E-state index contributed by atoms with van der Waals surface area (Å²) in [6.45, 7) is 0. The van der Waals surface area contributed by atoms with Crippen molar-refractivity contribution in [1.82, 2.24) is 0 Å². The van der Waals surface area contributed by atoms with Gasteiger partial charge in [-0.2, -0.15) is 16.8 Å². The van der Waals surface area contributed by atoms with Gasteiger partial charge >= 0.3 is 20.6 Å². The van der Waals surface area contributed by atoms with E-state index in [1.807, 2.05) is 4.52 Å². The molecule has 4 rings (SSSR count). The van der Waals surface area contributed by atoms with E-state index in [-0.39, 0.29) is 28.4 Å². The normalized spacial score (nSPS) is 11.7. The minimum absolute atomic E-state index is 0.0453. The summed E-state index contributed by atoms with van der Waals surface area (Å²) in [5.74, 6) is -3.28. The number of aromatic hydroxyl groups is 3. The SMILES string of the molecule is O=C1C=CC(=O)c2ccccc21.[N-]=[N+]=NS(=O)(=O)O.[N-]=[N+]=NS(=O)(=O)Oc1ccc(C(=O)c2ccc(O)c(O)c2O)cc1. The van der Waals surface area contributed by atoms with Gasteiger partial charge in [-0.05, 0) is 59.6 Å². The van der Waals surface area contributed by atoms with Gasteiger partial charge in [-0.1, -0.05) is 24.3 Å². The van der Waals surface area contributed by atoms with Crippen LogP contribution in [0.3, 0.4) is 0 Å². The third-order valence-corrected chi connectivity index (χ3v) is 5.77. The smallest absolute Gasteiger partial charge is 0.403 e. The van der Waals surface area contributed by atoms with Gasteiger partial charge in [0.25, 0.3) is 0 Å². The highest BCUT2D eigenvalue weighted by Gasteiger charge is 2.19. The van der Waals surface area contributed by atoms with E-state index in [2.05, 4.69) is 13.6 Å². The number of hydrogen-bond acceptors (Lipinski definition) is 11. The zero-order valence-corrected chi connectivity index (χ0v) is 22.6. The van der Waals surface area contributed by atoms with E-state index in [4.69, 9.17) is 15.6 Å². The van der Waals surface area contributed by atoms with Crippen molar-refractivity contribution in [1.29, 1.82) is 0 Å². The summed E-state index contributed by atoms with van der Waals surface area (Å²) >= 11 is 0. The van der Waals surface area contributed by atoms with Crippen LogP contribution in [-0.4, -0.2) is 54.1 Å². The van der Waals surface area contributed by atoms with E-state index in [1.54, 1.807) is 29.2 Å². The zero-order chi connectivity index (χ0) is 32.4. The van der Waals surface area contributed by atoms with Gasteiger partial charge in [-0.15, -0.1) is 0 Å². The van der Waals surface area contributed by atoms with Gasteiger partial charge in [0, 0.05) is 26.5 Å². The molecule has 3 aromatic rings. The lowest BCUT2D eigenvalue weighted by molar-refractivity contribution is 0.0994. The molecule has 3 aromatic carbocycles. The lowest BCUT2D eigenvalue weighted by atomic mass is 9.95. The molecule has 0 bridgehead atoms. The Bertz CT molecular complexity index is 1890. The number of phenolic OH excluding ortho intramolecular Hbond substituents is 3. The molecule has 0 aliphatic heterocycles. The van der Waals surface area contributed by atoms with Crippen molar-refractivity contribution in [2.24, 2.45) is 9.04 Å². The third-order valence-electron chi connectivity index (χ3n) is 4.81. The lowest BCUT2D eigenvalue weighted by Crippen LogP contribution is -2.10. The second-order valence-electron chi connectivity index (χ2n) is 7.59. The van der Waals surface area contributed by atoms with Crippen LogP contribution in [0.25, 0.3) is 20.9 Å². The second-order valence-corrected chi connectivity index (χ2v) is 9.84. The van der Waals surface area contributed by atoms with Crippen molar-refractivity contribution in [3.8, 4) is 23.0 Å². The fraction of sp³-hybridized carbons (Fsp3) is 0. The molecular weight excluding hydrogens is 616 g/mol. The molecular formula is C23H16N6O12S2. The van der Waals surface area contributed by atoms with Gasteiger partial charge in [0.15, 0.2) is 28.8 Å². The maximum absolute atomic E-state index is 12.3. The quantitative estimate of drug-likeness (QED) is 0.0755. The van der Waals surface area contributed by atoms with Crippen molar-refractivity contribution in [3.05, 3.63) is 116 Å². The second kappa shape index (κ2) is 14.1. The first kappa shape index (κ1) is 33.3. The van der Waals surface area contributed by atoms with E-state index in [0.29, 0.717) is 11.1 Å². The molecule has 0 spiro atoms. The Labute approximate surface area is 241 Å². The van der Waals surface area contributed by atoms with E-state index < -0.39 is 43.6 Å². The number of phenols is 3. The summed E-state index contributed by atoms with van der Waals surface area (Å²) in [4.78, 5) is 38.5. The summed E-state index contributed by atoms with van der Waals surface area (Å²) in [5.41, 5.74) is 16.2. The minimum Gasteiger partial charge on any atom is -0.504 e. The molecule has 1 aliphatic carbocycles. The van der Waals surface area contributed by atoms with Crippen LogP contribution >= 0.6 is 0 Å². The van der Waals surface area contributed by atoms with Gasteiger partial charge < -0.3 is 19.5 Å². The molecule has 0 unspecified atom stereocenters. The highest BCUT2D eigenvalue weighted by Crippen LogP contribution is 2.38. The minimum atomic E-state index is -4.47. The molecule has 0 fully saturated rings. The monoisotopic (exact) mass is 632 g/mol. The van der Waals surface area contributed by atoms with Crippen molar-refractivity contribution >= 4 is 38.0 Å². The molecule has 0 saturated heterocycles. The largest absolute Gasteiger partial charge is 0.504 e. The summed E-state index contributed by atoms with van der Waals surface area (Å²) in [5, 5.41) is 28.4. The maximum Gasteiger partial charge on any atom is 0.403 e. The Morgan fingerprint density at radius 3 is 1.70 bits per heavy atom. The van der Waals surface area contributed by atoms with Gasteiger partial charge in [0.2, 0.25) is 5.75 Å². The highest BCUT2D eigenvalue weighted by atomic mass is 32.2. The standard InChI is InChI=1S/C13H9N3O7S.C10H6O2.HN3O3S/c14-15-16-24(21,22)23-8-3-1-7(2-4-8)11(18)9-5-6-10(17)13(20)12(9)19;11-9-5-6-10(12)8-4-2-1-3-7(8)9;1-2-3-7(4,5)6/h1-6,17,19-20H;1-6H;(H,4,5,6). The molecule has 18 nitrogen and oxygen atoms in total. The van der Waals surface area contributed by atoms with Crippen LogP contribution in [0.5, 0.6) is 23.0 Å². The van der Waals surface area contributed by atoms with Crippen LogP contribution in [0.4, 0.5) is 0 Å². The highest BCUT2D eigenvalue weighted by molar-refractivity contribution is 7.85. The third kappa shape index (κ3) is 9.60. The Morgan fingerprint density at radius 2 is 1.26 bits per heavy atom. The lowest BCUT2D eigenvalue weighted by Gasteiger charge is -2.07. The number of carbonyl (C=O) groups excluding carboxylic acids is 3. The van der Waals surface area contributed by atoms with Crippen LogP contribution in [0.2, 0.25) is 0 Å². The Morgan fingerprint density at radius 1 is 0.744 bits per heavy atom. The van der Waals surface area contributed by atoms with Gasteiger partial charge in [-0.3, -0.25) is 18.9 Å².